The first-order valence-corrected chi connectivity index (χ1v) is 21.2. The minimum absolute atomic E-state index is 0.150. The molecular formula is C41H39N4O8S2+. The van der Waals surface area contributed by atoms with Crippen molar-refractivity contribution >= 4 is 64.9 Å². The molecular weight excluding hydrogens is 741 g/mol. The van der Waals surface area contributed by atoms with Gasteiger partial charge >= 0.3 is 5.89 Å². The Morgan fingerprint density at radius 1 is 0.764 bits per heavy atom. The van der Waals surface area contributed by atoms with Gasteiger partial charge in [-0.15, -0.1) is 0 Å². The van der Waals surface area contributed by atoms with Crippen LogP contribution in [0.4, 0.5) is 5.69 Å². The maximum Gasteiger partial charge on any atom is 0.374 e. The first kappa shape index (κ1) is 36.3. The Labute approximate surface area is 318 Å². The topological polar surface area (TPSA) is 148 Å². The number of rotatable bonds is 13. The smallest absolute Gasteiger partial charge is 0.374 e. The van der Waals surface area contributed by atoms with Crippen molar-refractivity contribution < 1.29 is 39.7 Å². The van der Waals surface area contributed by atoms with Crippen LogP contribution in [0.5, 0.6) is 5.75 Å². The van der Waals surface area contributed by atoms with Gasteiger partial charge in [0, 0.05) is 43.2 Å². The van der Waals surface area contributed by atoms with Crippen LogP contribution in [0.3, 0.4) is 0 Å². The van der Waals surface area contributed by atoms with E-state index in [4.69, 9.17) is 9.15 Å². The van der Waals surface area contributed by atoms with Crippen LogP contribution in [-0.4, -0.2) is 53.1 Å². The maximum atomic E-state index is 11.7. The third kappa shape index (κ3) is 7.67. The molecule has 0 saturated carbocycles. The minimum Gasteiger partial charge on any atom is -0.439 e. The number of benzene rings is 4. The predicted octanol–water partition coefficient (Wildman–Crippen LogP) is 7.70. The number of aromatic nitrogens is 3. The largest absolute Gasteiger partial charge is 0.439 e. The van der Waals surface area contributed by atoms with Crippen molar-refractivity contribution in [2.24, 2.45) is 0 Å². The van der Waals surface area contributed by atoms with Crippen LogP contribution in [0, 0.1) is 0 Å². The second-order valence-electron chi connectivity index (χ2n) is 13.5. The average Bonchev–Trinajstić information content (AvgIpc) is 3.93. The average molecular weight is 780 g/mol. The standard InChI is InChI=1S/C41H38N4O8S2/c1-2-29(25-40-44(19-7-23-54(46,47)48)36-27-32(13-15-38(36)52-40)42-21-17-30-9-3-5-11-34(30)42)26-41-45(20-8-24-55(49,50)51)37-28-33(14-16-39(37)53-41)43-22-18-31-10-4-6-12-35(31)43/h3-6,9-18,21-22,25-28H,2,7-8,19-20,23-24H2,1H3,(H-,46,47,48,49,50,51)/p+1. The maximum absolute atomic E-state index is 11.7. The Kier molecular flexibility index (Phi) is 9.59. The molecule has 282 valence electrons. The SMILES string of the molecule is CCC(/C=C1\Oc2ccc(-n3ccc4ccccc43)cc2N1CCCS(=O)(=O)O)=C\c1oc2ccc(-n3ccc4ccccc43)cc2[n+]1CCCS(=O)(=O)O. The van der Waals surface area contributed by atoms with Gasteiger partial charge in [-0.25, -0.2) is 0 Å². The summed E-state index contributed by atoms with van der Waals surface area (Å²) in [4.78, 5) is 1.91. The molecule has 0 saturated heterocycles. The number of hydrogen-bond donors (Lipinski definition) is 2. The normalized spacial score (nSPS) is 14.4. The Morgan fingerprint density at radius 3 is 2.04 bits per heavy atom. The molecule has 3 aromatic heterocycles. The monoisotopic (exact) mass is 779 g/mol. The number of allylic oxidation sites excluding steroid dienone is 2. The van der Waals surface area contributed by atoms with Gasteiger partial charge < -0.3 is 23.2 Å². The summed E-state index contributed by atoms with van der Waals surface area (Å²) in [5.74, 6) is 0.734. The van der Waals surface area contributed by atoms with Gasteiger partial charge in [0.05, 0.1) is 40.0 Å². The molecule has 55 heavy (non-hydrogen) atoms. The molecule has 2 N–H and O–H groups in total. The van der Waals surface area contributed by atoms with Gasteiger partial charge in [0.2, 0.25) is 11.5 Å². The van der Waals surface area contributed by atoms with Crippen LogP contribution in [0.15, 0.2) is 131 Å². The molecule has 4 heterocycles. The highest BCUT2D eigenvalue weighted by atomic mass is 32.2. The fourth-order valence-electron chi connectivity index (χ4n) is 7.14. The van der Waals surface area contributed by atoms with Gasteiger partial charge in [0.25, 0.3) is 25.8 Å². The fourth-order valence-corrected chi connectivity index (χ4v) is 8.13. The van der Waals surface area contributed by atoms with Crippen molar-refractivity contribution in [2.75, 3.05) is 23.0 Å². The molecule has 7 aromatic rings. The van der Waals surface area contributed by atoms with Crippen molar-refractivity contribution in [3.63, 3.8) is 0 Å². The third-order valence-corrected chi connectivity index (χ3v) is 11.4. The van der Waals surface area contributed by atoms with Crippen LogP contribution in [0.1, 0.15) is 32.1 Å². The van der Waals surface area contributed by atoms with E-state index in [1.165, 1.54) is 0 Å². The zero-order valence-corrected chi connectivity index (χ0v) is 31.6. The predicted molar refractivity (Wildman–Crippen MR) is 213 cm³/mol. The van der Waals surface area contributed by atoms with E-state index in [0.29, 0.717) is 29.5 Å². The molecule has 1 aliphatic heterocycles. The van der Waals surface area contributed by atoms with Crippen molar-refractivity contribution in [2.45, 2.75) is 32.7 Å². The quantitative estimate of drug-likeness (QED) is 0.0888. The second kappa shape index (κ2) is 14.5. The molecule has 12 nitrogen and oxygen atoms in total. The van der Waals surface area contributed by atoms with E-state index in [0.717, 1.165) is 50.0 Å². The number of para-hydroxylation sites is 2. The number of aryl methyl sites for hydroxylation is 1. The summed E-state index contributed by atoms with van der Waals surface area (Å²) >= 11 is 0. The molecule has 0 spiro atoms. The van der Waals surface area contributed by atoms with E-state index >= 15 is 0 Å². The van der Waals surface area contributed by atoms with E-state index in [9.17, 15) is 25.9 Å². The van der Waals surface area contributed by atoms with Gasteiger partial charge in [-0.2, -0.15) is 21.4 Å². The Bertz CT molecular complexity index is 2870. The van der Waals surface area contributed by atoms with Crippen LogP contribution >= 0.6 is 0 Å². The summed E-state index contributed by atoms with van der Waals surface area (Å²) in [5, 5.41) is 2.19. The van der Waals surface area contributed by atoms with Crippen LogP contribution < -0.4 is 14.2 Å². The number of nitrogens with zero attached hydrogens (tertiary/aromatic N) is 4. The Hall–Kier alpha value is -5.67. The van der Waals surface area contributed by atoms with Crippen LogP contribution in [-0.2, 0) is 26.8 Å². The van der Waals surface area contributed by atoms with Gasteiger partial charge in [0.1, 0.15) is 0 Å². The molecule has 14 heteroatoms. The van der Waals surface area contributed by atoms with Gasteiger partial charge in [-0.3, -0.25) is 9.11 Å². The molecule has 0 fully saturated rings. The third-order valence-electron chi connectivity index (χ3n) is 9.78. The molecule has 4 aromatic carbocycles. The summed E-state index contributed by atoms with van der Waals surface area (Å²) in [5.41, 5.74) is 6.79. The molecule has 8 rings (SSSR count). The Morgan fingerprint density at radius 2 is 1.38 bits per heavy atom. The van der Waals surface area contributed by atoms with Crippen molar-refractivity contribution in [3.8, 4) is 17.1 Å². The van der Waals surface area contributed by atoms with Gasteiger partial charge in [0.15, 0.2) is 12.3 Å². The van der Waals surface area contributed by atoms with Crippen LogP contribution in [0.25, 0.3) is 50.4 Å². The molecule has 0 radical (unpaired) electrons. The summed E-state index contributed by atoms with van der Waals surface area (Å²) < 4.78 is 84.7. The summed E-state index contributed by atoms with van der Waals surface area (Å²) in [7, 11) is -8.37. The van der Waals surface area contributed by atoms with Crippen LogP contribution in [0.2, 0.25) is 0 Å². The minimum atomic E-state index is -4.18. The number of anilines is 1. The van der Waals surface area contributed by atoms with E-state index in [1.807, 2.05) is 138 Å². The second-order valence-corrected chi connectivity index (χ2v) is 16.6. The molecule has 1 aliphatic rings. The van der Waals surface area contributed by atoms with E-state index in [-0.39, 0.29) is 25.9 Å². The summed E-state index contributed by atoms with van der Waals surface area (Å²) in [6.07, 6.45) is 8.62. The highest BCUT2D eigenvalue weighted by Crippen LogP contribution is 2.41. The zero-order chi connectivity index (χ0) is 38.3. The van der Waals surface area contributed by atoms with E-state index in [2.05, 4.69) is 9.13 Å². The van der Waals surface area contributed by atoms with Gasteiger partial charge in [-0.05, 0) is 83.8 Å². The number of hydrogen-bond acceptors (Lipinski definition) is 7. The molecule has 0 amide bonds. The lowest BCUT2D eigenvalue weighted by molar-refractivity contribution is -0.677. The first-order valence-electron chi connectivity index (χ1n) is 18.0. The van der Waals surface area contributed by atoms with Gasteiger partial charge in [-0.1, -0.05) is 43.3 Å². The first-order chi connectivity index (χ1) is 26.4. The lowest BCUT2D eigenvalue weighted by Crippen LogP contribution is -2.36. The molecule has 0 bridgehead atoms. The van der Waals surface area contributed by atoms with E-state index < -0.39 is 31.7 Å². The number of oxazole rings is 1. The number of fused-ring (bicyclic) bond motifs is 4. The number of ether oxygens (including phenoxy) is 1. The molecule has 0 atom stereocenters. The van der Waals surface area contributed by atoms with E-state index in [1.54, 1.807) is 0 Å². The molecule has 0 aliphatic carbocycles. The molecule has 0 unspecified atom stereocenters. The Balaban J connectivity index is 1.18. The summed E-state index contributed by atoms with van der Waals surface area (Å²) in [6.45, 7) is 2.49. The van der Waals surface area contributed by atoms with Crippen molar-refractivity contribution in [3.05, 3.63) is 133 Å². The summed E-state index contributed by atoms with van der Waals surface area (Å²) in [6, 6.07) is 31.9. The lowest BCUT2D eigenvalue weighted by atomic mass is 10.1. The fraction of sp³-hybridized carbons (Fsp3) is 0.195. The van der Waals surface area contributed by atoms with Crippen molar-refractivity contribution in [1.29, 1.82) is 0 Å². The highest BCUT2D eigenvalue weighted by Gasteiger charge is 2.29. The van der Waals surface area contributed by atoms with Crippen molar-refractivity contribution in [1.82, 2.24) is 9.13 Å². The highest BCUT2D eigenvalue weighted by molar-refractivity contribution is 7.86. The lowest BCUT2D eigenvalue weighted by Gasteiger charge is -2.19. The zero-order valence-electron chi connectivity index (χ0n) is 29.9.